The molecule has 38 heavy (non-hydrogen) atoms. The molecule has 1 aromatic heterocycles. The molecular weight excluding hydrogens is 484 g/mol. The first kappa shape index (κ1) is 24.7. The largest absolute Gasteiger partial charge is 0.458 e. The first-order chi connectivity index (χ1) is 18.2. The fraction of sp³-hybridized carbons (Fsp3) is 0.517. The molecule has 0 spiro atoms. The maximum atomic E-state index is 12.8. The highest BCUT2D eigenvalue weighted by Gasteiger charge is 2.58. The van der Waals surface area contributed by atoms with Crippen molar-refractivity contribution in [2.75, 3.05) is 0 Å². The van der Waals surface area contributed by atoms with E-state index in [0.717, 1.165) is 62.5 Å². The molecule has 2 aromatic rings. The van der Waals surface area contributed by atoms with Gasteiger partial charge in [0.1, 0.15) is 25.0 Å². The number of hydrogen-bond acceptors (Lipinski definition) is 7. The van der Waals surface area contributed by atoms with E-state index in [9.17, 15) is 19.7 Å². The third kappa shape index (κ3) is 3.74. The number of benzene rings is 1. The number of nitro groups is 1. The monoisotopic (exact) mass is 516 g/mol. The van der Waals surface area contributed by atoms with Crippen LogP contribution in [-0.2, 0) is 9.53 Å². The Bertz CT molecular complexity index is 1350. The normalized spacial score (nSPS) is 34.0. The summed E-state index contributed by atoms with van der Waals surface area (Å²) in [6.07, 6.45) is 12.7. The predicted molar refractivity (Wildman–Crippen MR) is 139 cm³/mol. The van der Waals surface area contributed by atoms with Crippen LogP contribution in [0, 0.1) is 38.7 Å². The first-order valence-corrected chi connectivity index (χ1v) is 13.4. The molecule has 2 fully saturated rings. The van der Waals surface area contributed by atoms with Crippen molar-refractivity contribution in [3.05, 3.63) is 69.8 Å². The van der Waals surface area contributed by atoms with E-state index in [1.807, 2.05) is 0 Å². The summed E-state index contributed by atoms with van der Waals surface area (Å²) in [6, 6.07) is 5.57. The number of ether oxygens (including phenoxy) is 1. The summed E-state index contributed by atoms with van der Waals surface area (Å²) in [4.78, 5) is 39.4. The van der Waals surface area contributed by atoms with Crippen molar-refractivity contribution in [3.63, 3.8) is 0 Å². The summed E-state index contributed by atoms with van der Waals surface area (Å²) < 4.78 is 7.67. The van der Waals surface area contributed by atoms with Crippen molar-refractivity contribution < 1.29 is 19.2 Å². The van der Waals surface area contributed by atoms with Crippen LogP contribution in [0.25, 0.3) is 5.70 Å². The Labute approximate surface area is 221 Å². The summed E-state index contributed by atoms with van der Waals surface area (Å²) >= 11 is 0. The van der Waals surface area contributed by atoms with Gasteiger partial charge in [-0.05, 0) is 73.8 Å². The SMILES string of the molecule is C[C@]12CC[C@H](OC(=O)c3ccc([N+](=O)[O-])cc3)CC1=CC[C@@H]1[C@@H]2CC[C@]2(C)C(n3cncn3)=C(C=O)C[C@@H]12. The van der Waals surface area contributed by atoms with Crippen LogP contribution in [0.2, 0.25) is 0 Å². The van der Waals surface area contributed by atoms with Crippen LogP contribution in [0.3, 0.4) is 0 Å². The Hall–Kier alpha value is -3.62. The van der Waals surface area contributed by atoms with Crippen molar-refractivity contribution in [2.24, 2.45) is 28.6 Å². The fourth-order valence-electron chi connectivity index (χ4n) is 8.19. The van der Waals surface area contributed by atoms with E-state index in [0.29, 0.717) is 23.3 Å². The molecule has 0 aliphatic heterocycles. The Morgan fingerprint density at radius 2 is 1.89 bits per heavy atom. The van der Waals surface area contributed by atoms with Gasteiger partial charge in [0.2, 0.25) is 0 Å². The molecule has 2 saturated carbocycles. The van der Waals surface area contributed by atoms with Gasteiger partial charge in [-0.15, -0.1) is 0 Å². The van der Waals surface area contributed by atoms with Crippen molar-refractivity contribution >= 4 is 23.6 Å². The molecule has 1 aromatic carbocycles. The van der Waals surface area contributed by atoms with E-state index in [1.165, 1.54) is 36.2 Å². The average molecular weight is 517 g/mol. The number of non-ortho nitro benzene ring substituents is 1. The fourth-order valence-corrected chi connectivity index (χ4v) is 8.19. The Morgan fingerprint density at radius 3 is 2.58 bits per heavy atom. The van der Waals surface area contributed by atoms with Crippen molar-refractivity contribution in [1.82, 2.24) is 14.8 Å². The molecule has 1 heterocycles. The number of nitro benzene ring substituents is 1. The lowest BCUT2D eigenvalue weighted by Gasteiger charge is -2.57. The molecule has 0 radical (unpaired) electrons. The molecule has 9 heteroatoms. The van der Waals surface area contributed by atoms with E-state index in [-0.39, 0.29) is 22.6 Å². The highest BCUT2D eigenvalue weighted by Crippen LogP contribution is 2.66. The van der Waals surface area contributed by atoms with Crippen molar-refractivity contribution in [2.45, 2.75) is 64.9 Å². The number of carbonyl (C=O) groups excluding carboxylic acids is 2. The van der Waals surface area contributed by atoms with Crippen molar-refractivity contribution in [3.8, 4) is 0 Å². The topological polar surface area (TPSA) is 117 Å². The number of rotatable bonds is 5. The Morgan fingerprint density at radius 1 is 1.13 bits per heavy atom. The second-order valence-corrected chi connectivity index (χ2v) is 11.8. The Kier molecular flexibility index (Phi) is 5.85. The van der Waals surface area contributed by atoms with Crippen LogP contribution in [0.15, 0.2) is 54.1 Å². The molecule has 4 aliphatic carbocycles. The number of hydrogen-bond donors (Lipinski definition) is 0. The minimum atomic E-state index is -0.482. The molecule has 6 rings (SSSR count). The minimum Gasteiger partial charge on any atom is -0.458 e. The molecule has 4 aliphatic rings. The molecule has 9 nitrogen and oxygen atoms in total. The van der Waals surface area contributed by atoms with Gasteiger partial charge >= 0.3 is 5.97 Å². The molecule has 198 valence electrons. The predicted octanol–water partition coefficient (Wildman–Crippen LogP) is 5.39. The number of nitrogens with zero attached hydrogens (tertiary/aromatic N) is 4. The minimum absolute atomic E-state index is 0.0494. The molecule has 0 unspecified atom stereocenters. The molecular formula is C29H32N4O5. The highest BCUT2D eigenvalue weighted by atomic mass is 16.6. The van der Waals surface area contributed by atoms with Crippen LogP contribution >= 0.6 is 0 Å². The Balaban J connectivity index is 1.19. The van der Waals surface area contributed by atoms with Crippen LogP contribution in [0.1, 0.15) is 69.2 Å². The highest BCUT2D eigenvalue weighted by molar-refractivity contribution is 5.89. The summed E-state index contributed by atoms with van der Waals surface area (Å²) in [6.45, 7) is 4.69. The standard InChI is InChI=1S/C29H32N4O5/c1-28-11-9-22(38-27(35)18-3-6-21(7-4-18)33(36)37)14-20(28)5-8-23-24(28)10-12-29(2)25(23)13-19(15-34)26(29)32-17-30-16-31-32/h3-7,15-17,22-25H,8-14H2,1-2H3/t22-,23+,24-,25-,28-,29-/m0/s1. The maximum absolute atomic E-state index is 12.8. The van der Waals surface area contributed by atoms with Gasteiger partial charge in [-0.1, -0.05) is 25.5 Å². The number of fused-ring (bicyclic) bond motifs is 5. The van der Waals surface area contributed by atoms with Gasteiger partial charge in [0, 0.05) is 29.5 Å². The quantitative estimate of drug-likeness (QED) is 0.172. The second kappa shape index (κ2) is 8.99. The maximum Gasteiger partial charge on any atom is 0.338 e. The zero-order valence-electron chi connectivity index (χ0n) is 21.7. The number of allylic oxidation sites excluding steroid dienone is 3. The van der Waals surface area contributed by atoms with Crippen molar-refractivity contribution in [1.29, 1.82) is 0 Å². The molecule has 0 N–H and O–H groups in total. The smallest absolute Gasteiger partial charge is 0.338 e. The number of carbonyl (C=O) groups is 2. The number of aldehydes is 1. The van der Waals surface area contributed by atoms with Crippen LogP contribution in [-0.4, -0.2) is 38.0 Å². The van der Waals surface area contributed by atoms with Gasteiger partial charge in [0.25, 0.3) is 5.69 Å². The van der Waals surface area contributed by atoms with E-state index < -0.39 is 10.9 Å². The lowest BCUT2D eigenvalue weighted by atomic mass is 9.48. The van der Waals surface area contributed by atoms with Gasteiger partial charge in [0.15, 0.2) is 0 Å². The molecule has 0 bridgehead atoms. The van der Waals surface area contributed by atoms with Crippen LogP contribution in [0.4, 0.5) is 5.69 Å². The van der Waals surface area contributed by atoms with Gasteiger partial charge in [-0.2, -0.15) is 5.10 Å². The van der Waals surface area contributed by atoms with Gasteiger partial charge in [-0.3, -0.25) is 14.9 Å². The third-order valence-electron chi connectivity index (χ3n) is 10.1. The summed E-state index contributed by atoms with van der Waals surface area (Å²) in [5, 5.41) is 15.3. The summed E-state index contributed by atoms with van der Waals surface area (Å²) in [7, 11) is 0. The lowest BCUT2D eigenvalue weighted by molar-refractivity contribution is -0.384. The molecule has 6 atom stereocenters. The van der Waals surface area contributed by atoms with Crippen LogP contribution < -0.4 is 0 Å². The van der Waals surface area contributed by atoms with E-state index in [1.54, 1.807) is 11.0 Å². The second-order valence-electron chi connectivity index (χ2n) is 11.8. The van der Waals surface area contributed by atoms with Gasteiger partial charge in [-0.25, -0.2) is 14.5 Å². The number of aromatic nitrogens is 3. The molecule has 0 amide bonds. The zero-order valence-corrected chi connectivity index (χ0v) is 21.7. The lowest BCUT2D eigenvalue weighted by Crippen LogP contribution is -2.50. The third-order valence-corrected chi connectivity index (χ3v) is 10.1. The van der Waals surface area contributed by atoms with Gasteiger partial charge < -0.3 is 4.74 Å². The van der Waals surface area contributed by atoms with E-state index in [4.69, 9.17) is 4.74 Å². The summed E-state index contributed by atoms with van der Waals surface area (Å²) in [5.74, 6) is 0.954. The average Bonchev–Trinajstić information content (AvgIpc) is 3.54. The zero-order chi connectivity index (χ0) is 26.7. The molecule has 0 saturated heterocycles. The van der Waals surface area contributed by atoms with Gasteiger partial charge in [0.05, 0.1) is 16.2 Å². The summed E-state index contributed by atoms with van der Waals surface area (Å²) in [5.41, 5.74) is 3.49. The van der Waals surface area contributed by atoms with Crippen LogP contribution in [0.5, 0.6) is 0 Å². The first-order valence-electron chi connectivity index (χ1n) is 13.4. The number of esters is 1. The van der Waals surface area contributed by atoms with E-state index >= 15 is 0 Å². The van der Waals surface area contributed by atoms with E-state index in [2.05, 4.69) is 30.0 Å².